The molecule has 0 radical (unpaired) electrons. The Kier molecular flexibility index (Phi) is 4.83. The molecule has 1 rings (SSSR count). The Morgan fingerprint density at radius 2 is 1.77 bits per heavy atom. The van der Waals surface area contributed by atoms with Gasteiger partial charge in [0.25, 0.3) is 0 Å². The van der Waals surface area contributed by atoms with Gasteiger partial charge in [0.2, 0.25) is 0 Å². The molecule has 1 atom stereocenters. The maximum Gasteiger partial charge on any atom is -0.0388 e. The van der Waals surface area contributed by atoms with Crippen LogP contribution in [0.3, 0.4) is 0 Å². The number of hydrogen-bond donors (Lipinski definition) is 0. The Morgan fingerprint density at radius 1 is 1.15 bits per heavy atom. The summed E-state index contributed by atoms with van der Waals surface area (Å²) in [5.74, 6) is 3.06. The van der Waals surface area contributed by atoms with Gasteiger partial charge in [0.05, 0.1) is 0 Å². The highest BCUT2D eigenvalue weighted by Gasteiger charge is 2.22. The fourth-order valence-corrected chi connectivity index (χ4v) is 2.62. The van der Waals surface area contributed by atoms with Crippen molar-refractivity contribution in [2.75, 3.05) is 0 Å². The van der Waals surface area contributed by atoms with Gasteiger partial charge in [-0.1, -0.05) is 52.9 Å². The molecule has 1 saturated carbocycles. The van der Waals surface area contributed by atoms with Gasteiger partial charge in [-0.05, 0) is 30.6 Å². The van der Waals surface area contributed by atoms with Gasteiger partial charge >= 0.3 is 0 Å². The Labute approximate surface area is 84.1 Å². The second-order valence-electron chi connectivity index (χ2n) is 5.14. The zero-order valence-corrected chi connectivity index (χ0v) is 9.68. The second kappa shape index (κ2) is 5.67. The molecule has 0 spiro atoms. The van der Waals surface area contributed by atoms with Crippen LogP contribution in [0.25, 0.3) is 0 Å². The molecular weight excluding hydrogens is 156 g/mol. The van der Waals surface area contributed by atoms with Crippen LogP contribution in [0.5, 0.6) is 0 Å². The number of hydrogen-bond acceptors (Lipinski definition) is 0. The third-order valence-corrected chi connectivity index (χ3v) is 3.88. The average molecular weight is 182 g/mol. The summed E-state index contributed by atoms with van der Waals surface area (Å²) >= 11 is 0. The molecule has 1 aliphatic carbocycles. The van der Waals surface area contributed by atoms with Crippen LogP contribution in [0, 0.1) is 17.8 Å². The first-order chi connectivity index (χ1) is 6.24. The Morgan fingerprint density at radius 3 is 2.31 bits per heavy atom. The predicted octanol–water partition coefficient (Wildman–Crippen LogP) is 4.64. The quantitative estimate of drug-likeness (QED) is 0.594. The summed E-state index contributed by atoms with van der Waals surface area (Å²) in [5.41, 5.74) is 0. The zero-order chi connectivity index (χ0) is 9.68. The minimum Gasteiger partial charge on any atom is -0.0654 e. The van der Waals surface area contributed by atoms with Gasteiger partial charge in [0, 0.05) is 0 Å². The SMILES string of the molecule is CCCCC(C)C1CCC(C)CC1. The lowest BCUT2D eigenvalue weighted by Crippen LogP contribution is -2.18. The first-order valence-corrected chi connectivity index (χ1v) is 6.24. The van der Waals surface area contributed by atoms with Gasteiger partial charge < -0.3 is 0 Å². The van der Waals surface area contributed by atoms with Crippen LogP contribution in [0.4, 0.5) is 0 Å². The lowest BCUT2D eigenvalue weighted by atomic mass is 9.75. The van der Waals surface area contributed by atoms with Crippen molar-refractivity contribution < 1.29 is 0 Å². The van der Waals surface area contributed by atoms with Crippen molar-refractivity contribution in [3.63, 3.8) is 0 Å². The molecule has 0 aromatic rings. The van der Waals surface area contributed by atoms with Crippen molar-refractivity contribution in [1.29, 1.82) is 0 Å². The van der Waals surface area contributed by atoms with E-state index in [2.05, 4.69) is 20.8 Å². The maximum absolute atomic E-state index is 2.47. The lowest BCUT2D eigenvalue weighted by molar-refractivity contribution is 0.213. The van der Waals surface area contributed by atoms with Crippen molar-refractivity contribution in [2.45, 2.75) is 65.7 Å². The van der Waals surface area contributed by atoms with Crippen LogP contribution in [0.2, 0.25) is 0 Å². The minimum atomic E-state index is 0.993. The largest absolute Gasteiger partial charge is 0.0654 e. The molecule has 1 unspecified atom stereocenters. The van der Waals surface area contributed by atoms with Crippen LogP contribution in [0.15, 0.2) is 0 Å². The molecule has 0 saturated heterocycles. The van der Waals surface area contributed by atoms with E-state index >= 15 is 0 Å². The van der Waals surface area contributed by atoms with E-state index < -0.39 is 0 Å². The molecule has 78 valence electrons. The summed E-state index contributed by atoms with van der Waals surface area (Å²) in [6.07, 6.45) is 10.3. The highest BCUT2D eigenvalue weighted by atomic mass is 14.3. The monoisotopic (exact) mass is 182 g/mol. The van der Waals surface area contributed by atoms with Crippen molar-refractivity contribution in [1.82, 2.24) is 0 Å². The summed E-state index contributed by atoms with van der Waals surface area (Å²) in [4.78, 5) is 0. The smallest absolute Gasteiger partial charge is 0.0388 e. The van der Waals surface area contributed by atoms with E-state index in [9.17, 15) is 0 Å². The standard InChI is InChI=1S/C13H26/c1-4-5-6-12(3)13-9-7-11(2)8-10-13/h11-13H,4-10H2,1-3H3. The van der Waals surface area contributed by atoms with Gasteiger partial charge in [0.1, 0.15) is 0 Å². The molecule has 0 heterocycles. The third kappa shape index (κ3) is 3.70. The summed E-state index contributed by atoms with van der Waals surface area (Å²) in [5, 5.41) is 0. The lowest BCUT2D eigenvalue weighted by Gasteiger charge is -2.30. The molecule has 0 heteroatoms. The minimum absolute atomic E-state index is 0.993. The van der Waals surface area contributed by atoms with E-state index in [1.54, 1.807) is 0 Å². The first-order valence-electron chi connectivity index (χ1n) is 6.24. The van der Waals surface area contributed by atoms with Crippen molar-refractivity contribution in [3.8, 4) is 0 Å². The molecule has 0 bridgehead atoms. The molecule has 0 nitrogen and oxygen atoms in total. The Hall–Kier alpha value is 0. The van der Waals surface area contributed by atoms with E-state index in [0.717, 1.165) is 17.8 Å². The number of rotatable bonds is 4. The van der Waals surface area contributed by atoms with Crippen LogP contribution >= 0.6 is 0 Å². The van der Waals surface area contributed by atoms with Crippen molar-refractivity contribution >= 4 is 0 Å². The molecule has 0 N–H and O–H groups in total. The summed E-state index contributed by atoms with van der Waals surface area (Å²) in [6, 6.07) is 0. The summed E-state index contributed by atoms with van der Waals surface area (Å²) in [7, 11) is 0. The highest BCUT2D eigenvalue weighted by Crippen LogP contribution is 2.34. The zero-order valence-electron chi connectivity index (χ0n) is 9.68. The fraction of sp³-hybridized carbons (Fsp3) is 1.00. The van der Waals surface area contributed by atoms with Gasteiger partial charge in [-0.25, -0.2) is 0 Å². The molecular formula is C13H26. The molecule has 0 aromatic carbocycles. The predicted molar refractivity (Wildman–Crippen MR) is 59.8 cm³/mol. The van der Waals surface area contributed by atoms with Gasteiger partial charge in [-0.15, -0.1) is 0 Å². The van der Waals surface area contributed by atoms with Gasteiger partial charge in [-0.2, -0.15) is 0 Å². The molecule has 1 fully saturated rings. The van der Waals surface area contributed by atoms with Gasteiger partial charge in [-0.3, -0.25) is 0 Å². The van der Waals surface area contributed by atoms with E-state index in [-0.39, 0.29) is 0 Å². The Bertz CT molecular complexity index is 120. The third-order valence-electron chi connectivity index (χ3n) is 3.88. The fourth-order valence-electron chi connectivity index (χ4n) is 2.62. The molecule has 0 amide bonds. The highest BCUT2D eigenvalue weighted by molar-refractivity contribution is 4.74. The number of unbranched alkanes of at least 4 members (excludes halogenated alkanes) is 1. The molecule has 0 aliphatic heterocycles. The molecule has 13 heavy (non-hydrogen) atoms. The topological polar surface area (TPSA) is 0 Å². The van der Waals surface area contributed by atoms with Gasteiger partial charge in [0.15, 0.2) is 0 Å². The van der Waals surface area contributed by atoms with E-state index in [1.807, 2.05) is 0 Å². The van der Waals surface area contributed by atoms with Crippen LogP contribution in [0.1, 0.15) is 65.7 Å². The average Bonchev–Trinajstić information content (AvgIpc) is 2.15. The summed E-state index contributed by atoms with van der Waals surface area (Å²) in [6.45, 7) is 7.18. The van der Waals surface area contributed by atoms with E-state index in [0.29, 0.717) is 0 Å². The van der Waals surface area contributed by atoms with E-state index in [1.165, 1.54) is 44.9 Å². The molecule has 0 aromatic heterocycles. The van der Waals surface area contributed by atoms with Crippen LogP contribution in [-0.2, 0) is 0 Å². The van der Waals surface area contributed by atoms with Crippen LogP contribution < -0.4 is 0 Å². The Balaban J connectivity index is 2.19. The van der Waals surface area contributed by atoms with E-state index in [4.69, 9.17) is 0 Å². The van der Waals surface area contributed by atoms with Crippen LogP contribution in [-0.4, -0.2) is 0 Å². The summed E-state index contributed by atoms with van der Waals surface area (Å²) < 4.78 is 0. The van der Waals surface area contributed by atoms with Crippen molar-refractivity contribution in [2.24, 2.45) is 17.8 Å². The maximum atomic E-state index is 2.47. The molecule has 1 aliphatic rings. The first kappa shape index (κ1) is 11.1. The van der Waals surface area contributed by atoms with Crippen molar-refractivity contribution in [3.05, 3.63) is 0 Å². The second-order valence-corrected chi connectivity index (χ2v) is 5.14. The normalized spacial score (nSPS) is 31.6.